The fourth-order valence-corrected chi connectivity index (χ4v) is 2.96. The SMILES string of the molecule is CCC(CC)CC(=O)C1(N(C)C)CCCC1. The predicted molar refractivity (Wildman–Crippen MR) is 68.6 cm³/mol. The van der Waals surface area contributed by atoms with E-state index in [0.717, 1.165) is 32.1 Å². The van der Waals surface area contributed by atoms with Gasteiger partial charge in [-0.1, -0.05) is 39.5 Å². The summed E-state index contributed by atoms with van der Waals surface area (Å²) in [4.78, 5) is 14.7. The lowest BCUT2D eigenvalue weighted by Gasteiger charge is -2.35. The molecule has 0 heterocycles. The fourth-order valence-electron chi connectivity index (χ4n) is 2.96. The molecular weight excluding hydrogens is 198 g/mol. The number of carbonyl (C=O) groups excluding carboxylic acids is 1. The second kappa shape index (κ2) is 5.81. The molecule has 2 nitrogen and oxygen atoms in total. The molecule has 1 rings (SSSR count). The molecule has 0 N–H and O–H groups in total. The number of rotatable bonds is 6. The number of hydrogen-bond acceptors (Lipinski definition) is 2. The lowest BCUT2D eigenvalue weighted by Crippen LogP contribution is -2.49. The van der Waals surface area contributed by atoms with Crippen LogP contribution in [-0.4, -0.2) is 30.3 Å². The summed E-state index contributed by atoms with van der Waals surface area (Å²) >= 11 is 0. The Hall–Kier alpha value is -0.370. The van der Waals surface area contributed by atoms with Crippen LogP contribution in [0.5, 0.6) is 0 Å². The zero-order chi connectivity index (χ0) is 12.2. The minimum absolute atomic E-state index is 0.122. The minimum Gasteiger partial charge on any atom is -0.298 e. The lowest BCUT2D eigenvalue weighted by molar-refractivity contribution is -0.130. The number of Topliss-reactive ketones (excluding diaryl/α,β-unsaturated/α-hetero) is 1. The second-order valence-electron chi connectivity index (χ2n) is 5.44. The van der Waals surface area contributed by atoms with Crippen LogP contribution in [0.1, 0.15) is 58.8 Å². The maximum absolute atomic E-state index is 12.5. The molecule has 0 aromatic carbocycles. The first-order chi connectivity index (χ1) is 7.56. The first-order valence-corrected chi connectivity index (χ1v) is 6.77. The van der Waals surface area contributed by atoms with E-state index in [1.807, 2.05) is 0 Å². The Balaban J connectivity index is 2.69. The highest BCUT2D eigenvalue weighted by Crippen LogP contribution is 2.36. The van der Waals surface area contributed by atoms with Gasteiger partial charge in [0, 0.05) is 6.42 Å². The monoisotopic (exact) mass is 225 g/mol. The summed E-state index contributed by atoms with van der Waals surface area (Å²) in [5.41, 5.74) is -0.122. The van der Waals surface area contributed by atoms with Crippen LogP contribution in [-0.2, 0) is 4.79 Å². The molecule has 0 amide bonds. The molecule has 0 radical (unpaired) electrons. The maximum atomic E-state index is 12.5. The minimum atomic E-state index is -0.122. The van der Waals surface area contributed by atoms with Gasteiger partial charge in [0.15, 0.2) is 5.78 Å². The fraction of sp³-hybridized carbons (Fsp3) is 0.929. The molecule has 0 unspecified atom stereocenters. The zero-order valence-electron chi connectivity index (χ0n) is 11.4. The van der Waals surface area contributed by atoms with E-state index in [4.69, 9.17) is 0 Å². The van der Waals surface area contributed by atoms with Gasteiger partial charge in [0.25, 0.3) is 0 Å². The molecule has 2 heteroatoms. The molecule has 16 heavy (non-hydrogen) atoms. The van der Waals surface area contributed by atoms with Crippen LogP contribution in [0.15, 0.2) is 0 Å². The maximum Gasteiger partial charge on any atom is 0.153 e. The Kier molecular flexibility index (Phi) is 4.97. The van der Waals surface area contributed by atoms with E-state index in [1.165, 1.54) is 12.8 Å². The third-order valence-electron chi connectivity index (χ3n) is 4.43. The normalized spacial score (nSPS) is 19.6. The zero-order valence-corrected chi connectivity index (χ0v) is 11.4. The Morgan fingerprint density at radius 1 is 1.19 bits per heavy atom. The highest BCUT2D eigenvalue weighted by Gasteiger charge is 2.42. The Labute approximate surface area is 100 Å². The van der Waals surface area contributed by atoms with Gasteiger partial charge in [-0.05, 0) is 32.9 Å². The van der Waals surface area contributed by atoms with Crippen molar-refractivity contribution in [1.82, 2.24) is 4.90 Å². The van der Waals surface area contributed by atoms with Gasteiger partial charge in [-0.15, -0.1) is 0 Å². The van der Waals surface area contributed by atoms with Crippen LogP contribution >= 0.6 is 0 Å². The molecule has 0 spiro atoms. The predicted octanol–water partition coefficient (Wildman–Crippen LogP) is 3.26. The van der Waals surface area contributed by atoms with Crippen molar-refractivity contribution in [2.45, 2.75) is 64.3 Å². The lowest BCUT2D eigenvalue weighted by atomic mass is 9.83. The van der Waals surface area contributed by atoms with Crippen molar-refractivity contribution in [3.63, 3.8) is 0 Å². The molecule has 1 aliphatic rings. The van der Waals surface area contributed by atoms with E-state index in [1.54, 1.807) is 0 Å². The Morgan fingerprint density at radius 2 is 1.69 bits per heavy atom. The summed E-state index contributed by atoms with van der Waals surface area (Å²) in [7, 11) is 4.13. The van der Waals surface area contributed by atoms with E-state index in [9.17, 15) is 4.79 Å². The molecule has 1 saturated carbocycles. The highest BCUT2D eigenvalue weighted by atomic mass is 16.1. The topological polar surface area (TPSA) is 20.3 Å². The van der Waals surface area contributed by atoms with E-state index < -0.39 is 0 Å². The van der Waals surface area contributed by atoms with Crippen molar-refractivity contribution in [3.8, 4) is 0 Å². The van der Waals surface area contributed by atoms with E-state index in [2.05, 4.69) is 32.8 Å². The summed E-state index contributed by atoms with van der Waals surface area (Å²) in [6.45, 7) is 4.39. The molecule has 0 aromatic heterocycles. The summed E-state index contributed by atoms with van der Waals surface area (Å²) in [5, 5.41) is 0. The number of hydrogen-bond donors (Lipinski definition) is 0. The molecule has 1 fully saturated rings. The largest absolute Gasteiger partial charge is 0.298 e. The number of likely N-dealkylation sites (N-methyl/N-ethyl adjacent to an activating group) is 1. The first kappa shape index (κ1) is 13.7. The van der Waals surface area contributed by atoms with Crippen LogP contribution in [0.4, 0.5) is 0 Å². The quantitative estimate of drug-likeness (QED) is 0.691. The molecule has 94 valence electrons. The number of carbonyl (C=O) groups is 1. The van der Waals surface area contributed by atoms with Gasteiger partial charge in [0.05, 0.1) is 5.54 Å². The number of nitrogens with zero attached hydrogens (tertiary/aromatic N) is 1. The third kappa shape index (κ3) is 2.65. The molecule has 1 aliphatic carbocycles. The summed E-state index contributed by atoms with van der Waals surface area (Å²) < 4.78 is 0. The molecular formula is C14H27NO. The molecule has 0 saturated heterocycles. The van der Waals surface area contributed by atoms with Crippen molar-refractivity contribution in [1.29, 1.82) is 0 Å². The van der Waals surface area contributed by atoms with Crippen LogP contribution < -0.4 is 0 Å². The Morgan fingerprint density at radius 3 is 2.06 bits per heavy atom. The van der Waals surface area contributed by atoms with Crippen molar-refractivity contribution >= 4 is 5.78 Å². The van der Waals surface area contributed by atoms with Crippen molar-refractivity contribution in [2.75, 3.05) is 14.1 Å². The van der Waals surface area contributed by atoms with Gasteiger partial charge >= 0.3 is 0 Å². The van der Waals surface area contributed by atoms with Crippen LogP contribution in [0.2, 0.25) is 0 Å². The molecule has 0 bridgehead atoms. The smallest absolute Gasteiger partial charge is 0.153 e. The van der Waals surface area contributed by atoms with E-state index >= 15 is 0 Å². The van der Waals surface area contributed by atoms with Gasteiger partial charge in [-0.25, -0.2) is 0 Å². The van der Waals surface area contributed by atoms with Crippen molar-refractivity contribution in [2.24, 2.45) is 5.92 Å². The van der Waals surface area contributed by atoms with Gasteiger partial charge in [-0.3, -0.25) is 9.69 Å². The average Bonchev–Trinajstić information content (AvgIpc) is 2.75. The summed E-state index contributed by atoms with van der Waals surface area (Å²) in [6, 6.07) is 0. The second-order valence-corrected chi connectivity index (χ2v) is 5.44. The van der Waals surface area contributed by atoms with Crippen molar-refractivity contribution < 1.29 is 4.79 Å². The van der Waals surface area contributed by atoms with Gasteiger partial charge in [0.2, 0.25) is 0 Å². The number of ketones is 1. The van der Waals surface area contributed by atoms with Gasteiger partial charge in [0.1, 0.15) is 0 Å². The molecule has 0 aromatic rings. The van der Waals surface area contributed by atoms with Gasteiger partial charge < -0.3 is 0 Å². The standard InChI is InChI=1S/C14H27NO/c1-5-12(6-2)11-13(16)14(15(3)4)9-7-8-10-14/h12H,5-11H2,1-4H3. The van der Waals surface area contributed by atoms with Gasteiger partial charge in [-0.2, -0.15) is 0 Å². The molecule has 0 aliphatic heterocycles. The van der Waals surface area contributed by atoms with Crippen LogP contribution in [0.3, 0.4) is 0 Å². The Bertz CT molecular complexity index is 225. The average molecular weight is 225 g/mol. The van der Waals surface area contributed by atoms with Crippen molar-refractivity contribution in [3.05, 3.63) is 0 Å². The summed E-state index contributed by atoms with van der Waals surface area (Å²) in [5.74, 6) is 1.08. The summed E-state index contributed by atoms with van der Waals surface area (Å²) in [6.07, 6.45) is 7.61. The molecule has 0 atom stereocenters. The van der Waals surface area contributed by atoms with Crippen LogP contribution in [0, 0.1) is 5.92 Å². The van der Waals surface area contributed by atoms with E-state index in [-0.39, 0.29) is 5.54 Å². The third-order valence-corrected chi connectivity index (χ3v) is 4.43. The van der Waals surface area contributed by atoms with E-state index in [0.29, 0.717) is 11.7 Å². The highest BCUT2D eigenvalue weighted by molar-refractivity contribution is 5.88. The first-order valence-electron chi connectivity index (χ1n) is 6.77. The van der Waals surface area contributed by atoms with Crippen LogP contribution in [0.25, 0.3) is 0 Å².